The van der Waals surface area contributed by atoms with Crippen LogP contribution in [0.1, 0.15) is 41.6 Å². The Kier molecular flexibility index (Phi) is 11.0. The van der Waals surface area contributed by atoms with Crippen LogP contribution in [0.4, 0.5) is 0 Å². The van der Waals surface area contributed by atoms with Gasteiger partial charge in [-0.1, -0.05) is 72.3 Å². The quantitative estimate of drug-likeness (QED) is 0.210. The fourth-order valence-electron chi connectivity index (χ4n) is 5.44. The first-order valence-electron chi connectivity index (χ1n) is 15.1. The zero-order valence-electron chi connectivity index (χ0n) is 25.0. The molecular formula is C35H37ClN4O4S. The van der Waals surface area contributed by atoms with Gasteiger partial charge in [-0.15, -0.1) is 0 Å². The molecule has 1 aliphatic rings. The maximum absolute atomic E-state index is 14.0. The van der Waals surface area contributed by atoms with Gasteiger partial charge in [-0.3, -0.25) is 14.6 Å². The van der Waals surface area contributed by atoms with Crippen molar-refractivity contribution in [3.8, 4) is 0 Å². The highest BCUT2D eigenvalue weighted by atomic mass is 35.5. The fourth-order valence-corrected chi connectivity index (χ4v) is 7.08. The zero-order chi connectivity index (χ0) is 31.6. The summed E-state index contributed by atoms with van der Waals surface area (Å²) in [6.45, 7) is 1.54. The normalized spacial score (nSPS) is 14.2. The number of halogens is 1. The van der Waals surface area contributed by atoms with Gasteiger partial charge in [0, 0.05) is 43.7 Å². The van der Waals surface area contributed by atoms with Crippen LogP contribution < -0.4 is 5.32 Å². The van der Waals surface area contributed by atoms with Crippen LogP contribution >= 0.6 is 11.6 Å². The van der Waals surface area contributed by atoms with E-state index < -0.39 is 16.1 Å². The Balaban J connectivity index is 1.36. The smallest absolute Gasteiger partial charge is 0.243 e. The van der Waals surface area contributed by atoms with Gasteiger partial charge >= 0.3 is 0 Å². The number of nitrogens with one attached hydrogen (secondary N) is 1. The minimum atomic E-state index is -3.51. The molecule has 3 aromatic carbocycles. The number of sulfonamides is 1. The second-order valence-electron chi connectivity index (χ2n) is 11.1. The molecule has 1 N–H and O–H groups in total. The van der Waals surface area contributed by atoms with Crippen molar-refractivity contribution in [1.82, 2.24) is 19.5 Å². The number of rotatable bonds is 13. The van der Waals surface area contributed by atoms with Crippen LogP contribution in [0, 0.1) is 0 Å². The highest BCUT2D eigenvalue weighted by Crippen LogP contribution is 2.22. The van der Waals surface area contributed by atoms with E-state index in [1.54, 1.807) is 47.5 Å². The second-order valence-corrected chi connectivity index (χ2v) is 13.5. The van der Waals surface area contributed by atoms with Crippen molar-refractivity contribution < 1.29 is 18.0 Å². The summed E-state index contributed by atoms with van der Waals surface area (Å²) in [6.07, 6.45) is 4.29. The van der Waals surface area contributed by atoms with E-state index in [4.69, 9.17) is 11.6 Å². The lowest BCUT2D eigenvalue weighted by Crippen LogP contribution is -2.50. The Morgan fingerprint density at radius 1 is 0.844 bits per heavy atom. The summed E-state index contributed by atoms with van der Waals surface area (Å²) in [4.78, 5) is 34.0. The Hall–Kier alpha value is -4.05. The number of aryl methyl sites for hydroxylation is 1. The molecule has 2 amide bonds. The van der Waals surface area contributed by atoms with E-state index in [1.807, 2.05) is 60.7 Å². The van der Waals surface area contributed by atoms with Crippen LogP contribution in [0.3, 0.4) is 0 Å². The van der Waals surface area contributed by atoms with Crippen LogP contribution in [0.15, 0.2) is 108 Å². The third kappa shape index (κ3) is 8.78. The molecule has 45 heavy (non-hydrogen) atoms. The molecule has 1 fully saturated rings. The summed E-state index contributed by atoms with van der Waals surface area (Å²) in [5.41, 5.74) is 3.34. The Morgan fingerprint density at radius 3 is 2.18 bits per heavy atom. The summed E-state index contributed by atoms with van der Waals surface area (Å²) in [5, 5.41) is 3.57. The minimum Gasteiger partial charge on any atom is -0.349 e. The van der Waals surface area contributed by atoms with E-state index in [1.165, 1.54) is 4.31 Å². The zero-order valence-corrected chi connectivity index (χ0v) is 26.6. The number of aromatic nitrogens is 1. The van der Waals surface area contributed by atoms with Gasteiger partial charge in [0.2, 0.25) is 21.8 Å². The SMILES string of the molecule is O=C(NCc1ccccn1)[C@@H](Cc1ccccc1)N(Cc1ccc(Cl)cc1)C(=O)CCc1ccc(S(=O)(=O)N2CCCC2)cc1. The highest BCUT2D eigenvalue weighted by Gasteiger charge is 2.31. The fraction of sp³-hybridized carbons (Fsp3) is 0.286. The minimum absolute atomic E-state index is 0.143. The number of nitrogens with zero attached hydrogens (tertiary/aromatic N) is 3. The van der Waals surface area contributed by atoms with Crippen molar-refractivity contribution >= 4 is 33.4 Å². The molecule has 5 rings (SSSR count). The molecule has 4 aromatic rings. The largest absolute Gasteiger partial charge is 0.349 e. The molecule has 0 aliphatic carbocycles. The predicted molar refractivity (Wildman–Crippen MR) is 175 cm³/mol. The van der Waals surface area contributed by atoms with Gasteiger partial charge in [0.15, 0.2) is 0 Å². The number of carbonyl (C=O) groups is 2. The second kappa shape index (κ2) is 15.3. The van der Waals surface area contributed by atoms with Gasteiger partial charge in [-0.2, -0.15) is 4.31 Å². The van der Waals surface area contributed by atoms with Crippen LogP contribution in [0.5, 0.6) is 0 Å². The Labute approximate surface area is 270 Å². The lowest BCUT2D eigenvalue weighted by atomic mass is 10.0. The van der Waals surface area contributed by atoms with Gasteiger partial charge in [-0.05, 0) is 72.4 Å². The van der Waals surface area contributed by atoms with Gasteiger partial charge in [0.1, 0.15) is 6.04 Å². The van der Waals surface area contributed by atoms with Crippen molar-refractivity contribution in [1.29, 1.82) is 0 Å². The summed E-state index contributed by atoms with van der Waals surface area (Å²) >= 11 is 6.13. The molecule has 1 aliphatic heterocycles. The maximum Gasteiger partial charge on any atom is 0.243 e. The molecule has 0 saturated carbocycles. The standard InChI is InChI=1S/C35H37ClN4O4S/c36-30-16-11-29(12-17-30)26-40(33(24-28-8-2-1-3-9-28)35(42)38-25-31-10-4-5-21-37-31)34(41)20-15-27-13-18-32(19-14-27)45(43,44)39-22-6-7-23-39/h1-5,8-14,16-19,21,33H,6-7,15,20,22-26H2,(H,38,42)/t33-/m1/s1. The molecule has 0 bridgehead atoms. The first-order chi connectivity index (χ1) is 21.8. The van der Waals surface area contributed by atoms with Gasteiger partial charge in [0.25, 0.3) is 0 Å². The van der Waals surface area contributed by atoms with Crippen molar-refractivity contribution in [3.63, 3.8) is 0 Å². The summed E-state index contributed by atoms with van der Waals surface area (Å²) < 4.78 is 27.4. The third-order valence-corrected chi connectivity index (χ3v) is 10.1. The van der Waals surface area contributed by atoms with Gasteiger partial charge in [-0.25, -0.2) is 8.42 Å². The lowest BCUT2D eigenvalue weighted by Gasteiger charge is -2.31. The lowest BCUT2D eigenvalue weighted by molar-refractivity contribution is -0.141. The average molecular weight is 645 g/mol. The molecule has 2 heterocycles. The Bertz CT molecular complexity index is 1660. The van der Waals surface area contributed by atoms with Crippen LogP contribution in [0.25, 0.3) is 0 Å². The van der Waals surface area contributed by atoms with E-state index in [0.29, 0.717) is 31.0 Å². The van der Waals surface area contributed by atoms with Crippen molar-refractivity contribution in [2.24, 2.45) is 0 Å². The molecule has 1 saturated heterocycles. The number of hydrogen-bond acceptors (Lipinski definition) is 5. The number of benzene rings is 3. The number of pyridine rings is 1. The molecule has 1 aromatic heterocycles. The highest BCUT2D eigenvalue weighted by molar-refractivity contribution is 7.89. The molecule has 1 atom stereocenters. The molecule has 8 nitrogen and oxygen atoms in total. The third-order valence-electron chi connectivity index (χ3n) is 7.96. The maximum atomic E-state index is 14.0. The summed E-state index contributed by atoms with van der Waals surface area (Å²) in [5.74, 6) is -0.462. The van der Waals surface area contributed by atoms with Crippen LogP contribution in [-0.2, 0) is 45.5 Å². The van der Waals surface area contributed by atoms with E-state index >= 15 is 0 Å². The van der Waals surface area contributed by atoms with Crippen molar-refractivity contribution in [3.05, 3.63) is 131 Å². The molecular weight excluding hydrogens is 608 g/mol. The molecule has 0 radical (unpaired) electrons. The average Bonchev–Trinajstić information content (AvgIpc) is 3.63. The van der Waals surface area contributed by atoms with Crippen LogP contribution in [-0.4, -0.2) is 53.6 Å². The van der Waals surface area contributed by atoms with Gasteiger partial charge < -0.3 is 10.2 Å². The molecule has 10 heteroatoms. The summed E-state index contributed by atoms with van der Waals surface area (Å²) in [7, 11) is -3.51. The topological polar surface area (TPSA) is 99.7 Å². The van der Waals surface area contributed by atoms with Crippen LogP contribution in [0.2, 0.25) is 5.02 Å². The van der Waals surface area contributed by atoms with Gasteiger partial charge in [0.05, 0.1) is 17.1 Å². The van der Waals surface area contributed by atoms with E-state index in [0.717, 1.165) is 35.2 Å². The number of hydrogen-bond donors (Lipinski definition) is 1. The van der Waals surface area contributed by atoms with E-state index in [9.17, 15) is 18.0 Å². The number of amides is 2. The van der Waals surface area contributed by atoms with E-state index in [-0.39, 0.29) is 36.2 Å². The first-order valence-corrected chi connectivity index (χ1v) is 17.0. The van der Waals surface area contributed by atoms with E-state index in [2.05, 4.69) is 10.3 Å². The van der Waals surface area contributed by atoms with Crippen molar-refractivity contribution in [2.75, 3.05) is 13.1 Å². The Morgan fingerprint density at radius 2 is 1.51 bits per heavy atom. The first kappa shape index (κ1) is 32.3. The van der Waals surface area contributed by atoms with Crippen molar-refractivity contribution in [2.45, 2.75) is 56.1 Å². The monoisotopic (exact) mass is 644 g/mol. The predicted octanol–water partition coefficient (Wildman–Crippen LogP) is 5.41. The molecule has 0 unspecified atom stereocenters. The molecule has 234 valence electrons. The number of carbonyl (C=O) groups excluding carboxylic acids is 2. The summed E-state index contributed by atoms with van der Waals surface area (Å²) in [6, 6.07) is 28.4. The molecule has 0 spiro atoms.